The molecule has 6 rings (SSSR count). The number of aromatic nitrogens is 1. The van der Waals surface area contributed by atoms with Crippen molar-refractivity contribution in [1.82, 2.24) is 20.5 Å². The van der Waals surface area contributed by atoms with Crippen LogP contribution in [0.2, 0.25) is 0 Å². The number of nitrogens with zero attached hydrogens (tertiary/aromatic N) is 2. The van der Waals surface area contributed by atoms with E-state index in [0.29, 0.717) is 79.6 Å². The number of anilines is 2. The average Bonchev–Trinajstić information content (AvgIpc) is 3.86. The summed E-state index contributed by atoms with van der Waals surface area (Å²) >= 11 is 6.63. The van der Waals surface area contributed by atoms with Crippen LogP contribution in [0.5, 0.6) is 17.2 Å². The van der Waals surface area contributed by atoms with Gasteiger partial charge in [-0.2, -0.15) is 0 Å². The van der Waals surface area contributed by atoms with Crippen molar-refractivity contribution in [2.75, 3.05) is 104 Å². The first-order valence-electron chi connectivity index (χ1n) is 21.1. The highest BCUT2D eigenvalue weighted by Crippen LogP contribution is 2.47. The minimum absolute atomic E-state index is 0.154. The van der Waals surface area contributed by atoms with Crippen molar-refractivity contribution in [3.8, 4) is 17.2 Å². The van der Waals surface area contributed by atoms with Crippen LogP contribution in [0, 0.1) is 0 Å². The van der Waals surface area contributed by atoms with E-state index in [1.54, 1.807) is 32.8 Å². The first-order chi connectivity index (χ1) is 30.3. The van der Waals surface area contributed by atoms with E-state index in [0.717, 1.165) is 39.5 Å². The third-order valence-corrected chi connectivity index (χ3v) is 10.7. The molecule has 0 saturated heterocycles. The van der Waals surface area contributed by atoms with Gasteiger partial charge >= 0.3 is 6.09 Å². The van der Waals surface area contributed by atoms with Gasteiger partial charge in [0.2, 0.25) is 6.10 Å². The minimum atomic E-state index is -1.05. The van der Waals surface area contributed by atoms with E-state index < -0.39 is 17.8 Å². The molecule has 3 amide bonds. The van der Waals surface area contributed by atoms with Crippen LogP contribution in [-0.4, -0.2) is 127 Å². The molecule has 0 bridgehead atoms. The van der Waals surface area contributed by atoms with Crippen LogP contribution in [0.3, 0.4) is 0 Å². The molecule has 0 spiro atoms. The summed E-state index contributed by atoms with van der Waals surface area (Å²) in [5.41, 5.74) is 3.65. The van der Waals surface area contributed by atoms with Crippen molar-refractivity contribution >= 4 is 62.6 Å². The maximum Gasteiger partial charge on any atom is 0.407 e. The lowest BCUT2D eigenvalue weighted by molar-refractivity contribution is -0.128. The molecular weight excluding hydrogens is 828 g/mol. The molecule has 0 fully saturated rings. The Balaban J connectivity index is 1.19. The van der Waals surface area contributed by atoms with Gasteiger partial charge in [0.25, 0.3) is 11.8 Å². The van der Waals surface area contributed by atoms with Crippen molar-refractivity contribution in [3.05, 3.63) is 89.6 Å². The second-order valence-electron chi connectivity index (χ2n) is 16.4. The Hall–Kier alpha value is -5.74. The Bertz CT molecular complexity index is 2350. The predicted molar refractivity (Wildman–Crippen MR) is 246 cm³/mol. The largest absolute Gasteiger partial charge is 0.493 e. The van der Waals surface area contributed by atoms with E-state index >= 15 is 0 Å². The topological polar surface area (TPSA) is 165 Å². The second-order valence-corrected chi connectivity index (χ2v) is 16.7. The molecular formula is C47H59ClN6O9. The maximum absolute atomic E-state index is 14.5. The molecule has 1 aliphatic rings. The Labute approximate surface area is 373 Å². The van der Waals surface area contributed by atoms with Gasteiger partial charge in [0, 0.05) is 84.7 Å². The third kappa shape index (κ3) is 12.0. The number of ether oxygens (including phenoxy) is 6. The smallest absolute Gasteiger partial charge is 0.407 e. The molecule has 4 aromatic carbocycles. The summed E-state index contributed by atoms with van der Waals surface area (Å²) in [6.07, 6.45) is -1.55. The lowest BCUT2D eigenvalue weighted by atomic mass is 9.95. The molecule has 15 nitrogen and oxygen atoms in total. The van der Waals surface area contributed by atoms with Crippen molar-refractivity contribution in [1.29, 1.82) is 0 Å². The SMILES string of the molecule is CNc1ccc(C(Oc2cc3c(c4ccccc24)C(CCl)CN3C(=O)c2cc3cc(OCCN(C)C)c(OC)cc3[nH]2)C(=O)NCCOCCOCCNC(=O)OC(C)(C)C)cc1. The van der Waals surface area contributed by atoms with Crippen LogP contribution >= 0.6 is 11.6 Å². The highest BCUT2D eigenvalue weighted by Gasteiger charge is 2.36. The number of hydrogen-bond acceptors (Lipinski definition) is 11. The minimum Gasteiger partial charge on any atom is -0.493 e. The lowest BCUT2D eigenvalue weighted by Gasteiger charge is -2.23. The van der Waals surface area contributed by atoms with E-state index in [4.69, 9.17) is 40.0 Å². The number of likely N-dealkylation sites (N-methyl/N-ethyl adjacent to an activating group) is 1. The number of rotatable bonds is 21. The Morgan fingerprint density at radius 3 is 2.22 bits per heavy atom. The van der Waals surface area contributed by atoms with Crippen molar-refractivity contribution < 1.29 is 42.8 Å². The van der Waals surface area contributed by atoms with Gasteiger partial charge in [0.1, 0.15) is 23.7 Å². The average molecular weight is 887 g/mol. The summed E-state index contributed by atoms with van der Waals surface area (Å²) in [7, 11) is 7.37. The van der Waals surface area contributed by atoms with Crippen LogP contribution in [0.15, 0.2) is 72.8 Å². The standard InChI is InChI=1S/C47H59ClN6O9/c1-47(2,3)63-46(57)51-17-20-60-23-22-59-19-16-50-44(55)43(30-12-14-33(49-4)15-13-30)62-39-27-38-42(35-11-9-8-10-34(35)39)32(28-48)29-54(38)45(56)37-24-31-25-41(61-21-18-53(5)6)40(58-7)26-36(31)52-37/h8-15,24-27,32,43,49,52H,16-23,28-29H2,1-7H3,(H,50,55)(H,51,57). The van der Waals surface area contributed by atoms with Crippen LogP contribution in [0.25, 0.3) is 21.7 Å². The zero-order chi connectivity index (χ0) is 45.1. The van der Waals surface area contributed by atoms with Crippen LogP contribution < -0.4 is 35.1 Å². The summed E-state index contributed by atoms with van der Waals surface area (Å²) < 4.78 is 34.9. The van der Waals surface area contributed by atoms with E-state index in [2.05, 4.69) is 20.9 Å². The fourth-order valence-corrected chi connectivity index (χ4v) is 7.52. The number of nitrogens with one attached hydrogen (secondary N) is 4. The molecule has 2 heterocycles. The normalized spacial score (nSPS) is 14.1. The van der Waals surface area contributed by atoms with E-state index in [1.165, 1.54) is 0 Å². The number of methoxy groups -OCH3 is 1. The zero-order valence-electron chi connectivity index (χ0n) is 37.1. The van der Waals surface area contributed by atoms with Crippen LogP contribution in [0.4, 0.5) is 16.2 Å². The number of fused-ring (bicyclic) bond motifs is 4. The number of alkyl halides is 1. The number of carbonyl (C=O) groups is 3. The fourth-order valence-electron chi connectivity index (χ4n) is 7.26. The molecule has 0 aliphatic carbocycles. The molecule has 63 heavy (non-hydrogen) atoms. The Kier molecular flexibility index (Phi) is 16.0. The summed E-state index contributed by atoms with van der Waals surface area (Å²) in [5.74, 6) is 1.12. The Morgan fingerprint density at radius 2 is 1.57 bits per heavy atom. The quantitative estimate of drug-likeness (QED) is 0.0440. The van der Waals surface area contributed by atoms with Gasteiger partial charge < -0.3 is 59.2 Å². The van der Waals surface area contributed by atoms with Crippen molar-refractivity contribution in [2.24, 2.45) is 0 Å². The molecule has 4 N–H and O–H groups in total. The van der Waals surface area contributed by atoms with Crippen LogP contribution in [-0.2, 0) is 19.0 Å². The molecule has 2 unspecified atom stereocenters. The van der Waals surface area contributed by atoms with Gasteiger partial charge in [-0.3, -0.25) is 9.59 Å². The molecule has 338 valence electrons. The van der Waals surface area contributed by atoms with Gasteiger partial charge in [0.05, 0.1) is 39.2 Å². The molecule has 16 heteroatoms. The molecule has 0 radical (unpaired) electrons. The molecule has 5 aromatic rings. The molecule has 0 saturated carbocycles. The van der Waals surface area contributed by atoms with E-state index in [9.17, 15) is 14.4 Å². The first-order valence-corrected chi connectivity index (χ1v) is 21.6. The lowest BCUT2D eigenvalue weighted by Crippen LogP contribution is -2.35. The Morgan fingerprint density at radius 1 is 0.873 bits per heavy atom. The van der Waals surface area contributed by atoms with Gasteiger partial charge in [-0.25, -0.2) is 4.79 Å². The second kappa shape index (κ2) is 21.6. The number of aromatic amines is 1. The number of hydrogen-bond donors (Lipinski definition) is 4. The summed E-state index contributed by atoms with van der Waals surface area (Å²) in [6.45, 7) is 8.63. The van der Waals surface area contributed by atoms with Gasteiger partial charge in [-0.1, -0.05) is 36.4 Å². The van der Waals surface area contributed by atoms with Crippen LogP contribution in [0.1, 0.15) is 54.4 Å². The highest BCUT2D eigenvalue weighted by molar-refractivity contribution is 6.19. The molecule has 2 atom stereocenters. The van der Waals surface area contributed by atoms with E-state index in [1.807, 2.05) is 98.8 Å². The van der Waals surface area contributed by atoms with Gasteiger partial charge in [-0.15, -0.1) is 11.6 Å². The number of alkyl carbamates (subject to hydrolysis) is 1. The van der Waals surface area contributed by atoms with E-state index in [-0.39, 0.29) is 30.9 Å². The fraction of sp³-hybridized carbons (Fsp3) is 0.426. The number of halogens is 1. The number of carbonyl (C=O) groups excluding carboxylic acids is 3. The highest BCUT2D eigenvalue weighted by atomic mass is 35.5. The van der Waals surface area contributed by atoms with Gasteiger partial charge in [-0.05, 0) is 70.1 Å². The monoisotopic (exact) mass is 886 g/mol. The maximum atomic E-state index is 14.5. The zero-order valence-corrected chi connectivity index (χ0v) is 37.9. The summed E-state index contributed by atoms with van der Waals surface area (Å²) in [5, 5.41) is 11.2. The van der Waals surface area contributed by atoms with Gasteiger partial charge in [0.15, 0.2) is 11.5 Å². The summed E-state index contributed by atoms with van der Waals surface area (Å²) in [6, 6.07) is 22.6. The predicted octanol–water partition coefficient (Wildman–Crippen LogP) is 7.09. The van der Waals surface area contributed by atoms with Crippen molar-refractivity contribution in [3.63, 3.8) is 0 Å². The van der Waals surface area contributed by atoms with Crippen molar-refractivity contribution in [2.45, 2.75) is 38.4 Å². The third-order valence-electron chi connectivity index (χ3n) is 10.3. The number of amides is 3. The first kappa shape index (κ1) is 46.8. The summed E-state index contributed by atoms with van der Waals surface area (Å²) in [4.78, 5) is 47.4. The molecule has 1 aliphatic heterocycles. The number of benzene rings is 4. The number of H-pyrrole nitrogens is 1. The molecule has 1 aromatic heterocycles.